The molecule has 0 atom stereocenters. The third kappa shape index (κ3) is 3.61. The Hall–Kier alpha value is -2.28. The Balaban J connectivity index is 1.88. The number of imide groups is 1. The molecule has 1 aromatic heterocycles. The van der Waals surface area contributed by atoms with Gasteiger partial charge in [-0.05, 0) is 30.3 Å². The predicted molar refractivity (Wildman–Crippen MR) is 74.8 cm³/mol. The van der Waals surface area contributed by atoms with E-state index in [9.17, 15) is 14.0 Å². The molecule has 2 rings (SSSR count). The number of nitrogen functional groups attached to an aromatic ring is 1. The number of aromatic nitrogens is 1. The van der Waals surface area contributed by atoms with Gasteiger partial charge in [0.05, 0.1) is 5.75 Å². The highest BCUT2D eigenvalue weighted by Gasteiger charge is 2.12. The topological polar surface area (TPSA) is 88.0 Å². The molecule has 2 aromatic rings. The molecule has 20 heavy (non-hydrogen) atoms. The normalized spacial score (nSPS) is 10.2. The molecule has 0 fully saturated rings. The van der Waals surface area contributed by atoms with E-state index < -0.39 is 17.6 Å². The Kier molecular flexibility index (Phi) is 4.41. The van der Waals surface area contributed by atoms with Crippen molar-refractivity contribution in [2.24, 2.45) is 0 Å². The maximum absolute atomic E-state index is 13.5. The molecule has 5 nitrogen and oxygen atoms in total. The van der Waals surface area contributed by atoms with E-state index in [0.717, 1.165) is 11.8 Å². The molecule has 0 spiro atoms. The van der Waals surface area contributed by atoms with E-state index >= 15 is 0 Å². The number of anilines is 1. The molecule has 0 unspecified atom stereocenters. The van der Waals surface area contributed by atoms with Crippen LogP contribution in [0.5, 0.6) is 0 Å². The number of halogens is 1. The van der Waals surface area contributed by atoms with Crippen molar-refractivity contribution in [1.82, 2.24) is 10.3 Å². The number of hydrogen-bond donors (Lipinski definition) is 3. The number of nitrogens with one attached hydrogen (secondary N) is 2. The monoisotopic (exact) mass is 293 g/mol. The summed E-state index contributed by atoms with van der Waals surface area (Å²) in [4.78, 5) is 26.2. The molecule has 2 amide bonds. The zero-order chi connectivity index (χ0) is 14.5. The number of carbonyl (C=O) groups excluding carboxylic acids is 2. The lowest BCUT2D eigenvalue weighted by Gasteiger charge is -2.04. The fourth-order valence-electron chi connectivity index (χ4n) is 1.48. The van der Waals surface area contributed by atoms with E-state index in [-0.39, 0.29) is 5.75 Å². The van der Waals surface area contributed by atoms with Crippen molar-refractivity contribution in [2.45, 2.75) is 4.90 Å². The minimum atomic E-state index is -0.515. The number of hydrogen-bond acceptors (Lipinski definition) is 4. The van der Waals surface area contributed by atoms with E-state index in [4.69, 9.17) is 5.73 Å². The van der Waals surface area contributed by atoms with Crippen LogP contribution in [0.2, 0.25) is 0 Å². The van der Waals surface area contributed by atoms with Crippen LogP contribution in [-0.2, 0) is 4.79 Å². The van der Waals surface area contributed by atoms with Crippen LogP contribution in [0.4, 0.5) is 10.1 Å². The van der Waals surface area contributed by atoms with Crippen molar-refractivity contribution < 1.29 is 14.0 Å². The van der Waals surface area contributed by atoms with Crippen LogP contribution < -0.4 is 11.1 Å². The summed E-state index contributed by atoms with van der Waals surface area (Å²) in [7, 11) is 0. The van der Waals surface area contributed by atoms with Crippen LogP contribution in [-0.4, -0.2) is 22.6 Å². The fourth-order valence-corrected chi connectivity index (χ4v) is 2.20. The lowest BCUT2D eigenvalue weighted by Crippen LogP contribution is -2.32. The number of aromatic amines is 1. The Bertz CT molecular complexity index is 629. The molecular weight excluding hydrogens is 281 g/mol. The molecule has 104 valence electrons. The minimum absolute atomic E-state index is 0.0622. The second-order valence-corrected chi connectivity index (χ2v) is 4.96. The summed E-state index contributed by atoms with van der Waals surface area (Å²) in [6.45, 7) is 0. The van der Waals surface area contributed by atoms with Crippen molar-refractivity contribution in [2.75, 3.05) is 11.5 Å². The Morgan fingerprint density at radius 3 is 2.80 bits per heavy atom. The first-order valence-electron chi connectivity index (χ1n) is 5.71. The van der Waals surface area contributed by atoms with Gasteiger partial charge in [-0.2, -0.15) is 0 Å². The Morgan fingerprint density at radius 2 is 2.15 bits per heavy atom. The van der Waals surface area contributed by atoms with Crippen molar-refractivity contribution in [3.8, 4) is 0 Å². The summed E-state index contributed by atoms with van der Waals surface area (Å²) in [5, 5.41) is 2.21. The first-order valence-corrected chi connectivity index (χ1v) is 6.70. The summed E-state index contributed by atoms with van der Waals surface area (Å²) >= 11 is 0.998. The predicted octanol–water partition coefficient (Wildman–Crippen LogP) is 1.78. The molecule has 4 N–H and O–H groups in total. The largest absolute Gasteiger partial charge is 0.399 e. The summed E-state index contributed by atoms with van der Waals surface area (Å²) in [5.74, 6) is -1.56. The lowest BCUT2D eigenvalue weighted by atomic mass is 10.3. The molecule has 0 aliphatic carbocycles. The maximum atomic E-state index is 13.5. The highest BCUT2D eigenvalue weighted by atomic mass is 32.2. The zero-order valence-corrected chi connectivity index (χ0v) is 11.2. The van der Waals surface area contributed by atoms with E-state index in [1.165, 1.54) is 12.1 Å². The van der Waals surface area contributed by atoms with E-state index in [1.54, 1.807) is 24.4 Å². The first-order chi connectivity index (χ1) is 9.56. The van der Waals surface area contributed by atoms with Gasteiger partial charge in [0, 0.05) is 16.8 Å². The van der Waals surface area contributed by atoms with Gasteiger partial charge in [0.2, 0.25) is 5.91 Å². The number of thioether (sulfide) groups is 1. The average molecular weight is 293 g/mol. The number of H-pyrrole nitrogens is 1. The zero-order valence-electron chi connectivity index (χ0n) is 10.4. The van der Waals surface area contributed by atoms with Crippen LogP contribution in [0.25, 0.3) is 0 Å². The van der Waals surface area contributed by atoms with Crippen LogP contribution in [0, 0.1) is 5.82 Å². The number of amides is 2. The quantitative estimate of drug-likeness (QED) is 0.592. The SMILES string of the molecule is Nc1ccc(SCC(=O)NC(=O)c2ccc[nH]2)c(F)c1. The number of benzene rings is 1. The van der Waals surface area contributed by atoms with Gasteiger partial charge < -0.3 is 10.7 Å². The maximum Gasteiger partial charge on any atom is 0.274 e. The molecule has 0 radical (unpaired) electrons. The average Bonchev–Trinajstić information content (AvgIpc) is 2.91. The van der Waals surface area contributed by atoms with Crippen LogP contribution in [0.3, 0.4) is 0 Å². The summed E-state index contributed by atoms with van der Waals surface area (Å²) < 4.78 is 13.5. The molecule has 7 heteroatoms. The smallest absolute Gasteiger partial charge is 0.274 e. The van der Waals surface area contributed by atoms with Gasteiger partial charge in [0.25, 0.3) is 5.91 Å². The Labute approximate surface area is 118 Å². The summed E-state index contributed by atoms with van der Waals surface area (Å²) in [6.07, 6.45) is 1.58. The molecular formula is C13H12FN3O2S. The number of carbonyl (C=O) groups is 2. The number of nitrogens with two attached hydrogens (primary N) is 1. The molecule has 0 aliphatic heterocycles. The van der Waals surface area contributed by atoms with Crippen molar-refractivity contribution in [3.05, 3.63) is 48.0 Å². The van der Waals surface area contributed by atoms with Gasteiger partial charge in [-0.1, -0.05) is 0 Å². The second kappa shape index (κ2) is 6.25. The van der Waals surface area contributed by atoms with Gasteiger partial charge in [0.15, 0.2) is 0 Å². The van der Waals surface area contributed by atoms with Crippen LogP contribution >= 0.6 is 11.8 Å². The lowest BCUT2D eigenvalue weighted by molar-refractivity contribution is -0.117. The third-order valence-corrected chi connectivity index (χ3v) is 3.46. The van der Waals surface area contributed by atoms with Gasteiger partial charge in [0.1, 0.15) is 11.5 Å². The number of rotatable bonds is 4. The van der Waals surface area contributed by atoms with Crippen molar-refractivity contribution in [1.29, 1.82) is 0 Å². The first kappa shape index (κ1) is 14.1. The second-order valence-electron chi connectivity index (χ2n) is 3.94. The van der Waals surface area contributed by atoms with Crippen LogP contribution in [0.15, 0.2) is 41.4 Å². The van der Waals surface area contributed by atoms with E-state index in [2.05, 4.69) is 10.3 Å². The molecule has 0 saturated carbocycles. The highest BCUT2D eigenvalue weighted by Crippen LogP contribution is 2.23. The fraction of sp³-hybridized carbons (Fsp3) is 0.0769. The van der Waals surface area contributed by atoms with Gasteiger partial charge >= 0.3 is 0 Å². The third-order valence-electron chi connectivity index (χ3n) is 2.41. The van der Waals surface area contributed by atoms with Crippen molar-refractivity contribution >= 4 is 29.3 Å². The standard InChI is InChI=1S/C13H12FN3O2S/c14-9-6-8(15)3-4-11(9)20-7-12(18)17-13(19)10-2-1-5-16-10/h1-6,16H,7,15H2,(H,17,18,19). The van der Waals surface area contributed by atoms with Gasteiger partial charge in [-0.25, -0.2) is 4.39 Å². The molecule has 0 saturated heterocycles. The molecule has 0 bridgehead atoms. The highest BCUT2D eigenvalue weighted by molar-refractivity contribution is 8.00. The molecule has 1 aromatic carbocycles. The van der Waals surface area contributed by atoms with Gasteiger partial charge in [-0.15, -0.1) is 11.8 Å². The van der Waals surface area contributed by atoms with Crippen molar-refractivity contribution in [3.63, 3.8) is 0 Å². The minimum Gasteiger partial charge on any atom is -0.399 e. The summed E-state index contributed by atoms with van der Waals surface area (Å²) in [6, 6.07) is 7.43. The van der Waals surface area contributed by atoms with Gasteiger partial charge in [-0.3, -0.25) is 14.9 Å². The van der Waals surface area contributed by atoms with E-state index in [0.29, 0.717) is 16.3 Å². The van der Waals surface area contributed by atoms with Crippen LogP contribution in [0.1, 0.15) is 10.5 Å². The summed E-state index contributed by atoms with van der Waals surface area (Å²) in [5.41, 5.74) is 6.04. The Morgan fingerprint density at radius 1 is 1.35 bits per heavy atom. The molecule has 0 aliphatic rings. The van der Waals surface area contributed by atoms with E-state index in [1.807, 2.05) is 0 Å². The molecule has 1 heterocycles.